The van der Waals surface area contributed by atoms with Crippen LogP contribution in [-0.2, 0) is 14.8 Å². The molecule has 0 unspecified atom stereocenters. The first-order chi connectivity index (χ1) is 9.92. The van der Waals surface area contributed by atoms with Crippen molar-refractivity contribution in [3.63, 3.8) is 0 Å². The number of aryl methyl sites for hydroxylation is 1. The van der Waals surface area contributed by atoms with Crippen LogP contribution in [0, 0.1) is 6.92 Å². The van der Waals surface area contributed by atoms with E-state index in [1.54, 1.807) is 40.2 Å². The van der Waals surface area contributed by atoms with Crippen molar-refractivity contribution in [1.29, 1.82) is 0 Å². The molecule has 0 fully saturated rings. The number of carboxylic acid groups (broad SMARTS) is 1. The van der Waals surface area contributed by atoms with Crippen molar-refractivity contribution in [2.75, 3.05) is 27.7 Å². The summed E-state index contributed by atoms with van der Waals surface area (Å²) in [6.07, 6.45) is -1.41. The van der Waals surface area contributed by atoms with Crippen molar-refractivity contribution in [3.8, 4) is 0 Å². The minimum atomic E-state index is -4.06. The van der Waals surface area contributed by atoms with Gasteiger partial charge in [-0.15, -0.1) is 0 Å². The quantitative estimate of drug-likeness (QED) is 0.589. The maximum Gasteiger partial charge on any atom is 0.241 e. The summed E-state index contributed by atoms with van der Waals surface area (Å²) in [5, 5.41) is 21.2. The van der Waals surface area contributed by atoms with E-state index in [0.717, 1.165) is 5.56 Å². The molecule has 0 heterocycles. The summed E-state index contributed by atoms with van der Waals surface area (Å²) in [5.74, 6) is -1.67. The zero-order valence-corrected chi connectivity index (χ0v) is 13.9. The fourth-order valence-electron chi connectivity index (χ4n) is 1.90. The van der Waals surface area contributed by atoms with Crippen LogP contribution in [0.15, 0.2) is 29.2 Å². The van der Waals surface area contributed by atoms with Crippen LogP contribution >= 0.6 is 0 Å². The molecule has 1 aromatic carbocycles. The van der Waals surface area contributed by atoms with Gasteiger partial charge in [0.1, 0.15) is 12.6 Å². The molecule has 0 spiro atoms. The van der Waals surface area contributed by atoms with Crippen molar-refractivity contribution in [2.24, 2.45) is 0 Å². The highest BCUT2D eigenvalue weighted by Gasteiger charge is 2.30. The summed E-state index contributed by atoms with van der Waals surface area (Å²) in [6.45, 7) is 1.86. The highest BCUT2D eigenvalue weighted by Crippen LogP contribution is 2.12. The molecule has 0 saturated carbocycles. The number of carbonyl (C=O) groups excluding carboxylic acids is 1. The highest BCUT2D eigenvalue weighted by atomic mass is 32.2. The van der Waals surface area contributed by atoms with E-state index < -0.39 is 28.1 Å². The first-order valence-corrected chi connectivity index (χ1v) is 8.19. The van der Waals surface area contributed by atoms with E-state index in [-0.39, 0.29) is 15.9 Å². The number of nitrogens with zero attached hydrogens (tertiary/aromatic N) is 1. The topological polar surface area (TPSA) is 107 Å². The van der Waals surface area contributed by atoms with E-state index in [4.69, 9.17) is 0 Å². The van der Waals surface area contributed by atoms with E-state index >= 15 is 0 Å². The van der Waals surface area contributed by atoms with Crippen LogP contribution < -0.4 is 9.83 Å². The summed E-state index contributed by atoms with van der Waals surface area (Å²) in [5.41, 5.74) is 0.875. The predicted octanol–water partition coefficient (Wildman–Crippen LogP) is -1.54. The Morgan fingerprint density at radius 3 is 2.18 bits per heavy atom. The minimum Gasteiger partial charge on any atom is -0.548 e. The second kappa shape index (κ2) is 6.74. The van der Waals surface area contributed by atoms with Gasteiger partial charge in [-0.25, -0.2) is 8.42 Å². The molecule has 124 valence electrons. The lowest BCUT2D eigenvalue weighted by Gasteiger charge is -2.31. The number of rotatable bonds is 7. The van der Waals surface area contributed by atoms with Gasteiger partial charge in [0.05, 0.1) is 38.0 Å². The minimum absolute atomic E-state index is 0.0507. The van der Waals surface area contributed by atoms with Crippen molar-refractivity contribution >= 4 is 16.0 Å². The Morgan fingerprint density at radius 1 is 1.27 bits per heavy atom. The molecule has 1 rings (SSSR count). The molecule has 22 heavy (non-hydrogen) atoms. The number of sulfonamides is 1. The maximum atomic E-state index is 12.2. The molecule has 0 aliphatic heterocycles. The van der Waals surface area contributed by atoms with E-state index in [2.05, 4.69) is 0 Å². The molecule has 0 aliphatic rings. The van der Waals surface area contributed by atoms with Crippen LogP contribution in [0.2, 0.25) is 0 Å². The molecule has 0 aliphatic carbocycles. The largest absolute Gasteiger partial charge is 0.548 e. The van der Waals surface area contributed by atoms with Crippen molar-refractivity contribution < 1.29 is 27.9 Å². The molecule has 0 saturated heterocycles. The second-order valence-electron chi connectivity index (χ2n) is 6.27. The predicted molar refractivity (Wildman–Crippen MR) is 79.2 cm³/mol. The number of likely N-dealkylation sites (N-methyl/N-ethyl adjacent to an activating group) is 1. The maximum absolute atomic E-state index is 12.2. The fourth-order valence-corrected chi connectivity index (χ4v) is 3.12. The molecular weight excluding hydrogens is 308 g/mol. The van der Waals surface area contributed by atoms with Gasteiger partial charge in [0.2, 0.25) is 10.0 Å². The van der Waals surface area contributed by atoms with Gasteiger partial charge in [0.15, 0.2) is 0 Å². The van der Waals surface area contributed by atoms with Crippen LogP contribution in [-0.4, -0.2) is 63.8 Å². The molecule has 2 N–H and O–H groups in total. The number of hydrogen-bond donors (Lipinski definition) is 2. The Bertz CT molecular complexity index is 620. The van der Waals surface area contributed by atoms with Gasteiger partial charge >= 0.3 is 0 Å². The lowest BCUT2D eigenvalue weighted by molar-refractivity contribution is -0.873. The van der Waals surface area contributed by atoms with E-state index in [0.29, 0.717) is 0 Å². The molecule has 2 atom stereocenters. The zero-order chi connectivity index (χ0) is 17.1. The number of aliphatic carboxylic acids is 1. The highest BCUT2D eigenvalue weighted by molar-refractivity contribution is 7.89. The normalized spacial score (nSPS) is 15.3. The van der Waals surface area contributed by atoms with Crippen LogP contribution in [0.25, 0.3) is 0 Å². The number of nitrogens with one attached hydrogen (secondary N) is 1. The van der Waals surface area contributed by atoms with Crippen LogP contribution in [0.1, 0.15) is 5.56 Å². The summed E-state index contributed by atoms with van der Waals surface area (Å²) < 4.78 is 26.7. The van der Waals surface area contributed by atoms with E-state index in [1.807, 2.05) is 4.72 Å². The third kappa shape index (κ3) is 5.38. The molecule has 0 aromatic heterocycles. The summed E-state index contributed by atoms with van der Waals surface area (Å²) in [4.78, 5) is 11.1. The van der Waals surface area contributed by atoms with Gasteiger partial charge in [-0.2, -0.15) is 4.72 Å². The molecule has 8 heteroatoms. The number of carboxylic acids is 1. The third-order valence-corrected chi connectivity index (χ3v) is 4.44. The summed E-state index contributed by atoms with van der Waals surface area (Å²) >= 11 is 0. The van der Waals surface area contributed by atoms with Gasteiger partial charge in [-0.05, 0) is 19.1 Å². The number of carbonyl (C=O) groups is 1. The van der Waals surface area contributed by atoms with Gasteiger partial charge in [0.25, 0.3) is 0 Å². The standard InChI is InChI=1S/C14H22N2O5S/c1-10-5-7-11(8-6-10)22(20,21)15-13(14(18)19)12(17)9-16(2,3)4/h5-8,12-13,15,17H,9H2,1-4H3/t12-,13-/m1/s1. The van der Waals surface area contributed by atoms with Crippen molar-refractivity contribution in [3.05, 3.63) is 29.8 Å². The number of aliphatic hydroxyl groups excluding tert-OH is 1. The summed E-state index contributed by atoms with van der Waals surface area (Å²) in [6, 6.07) is 4.23. The number of quaternary nitrogens is 1. The van der Waals surface area contributed by atoms with Gasteiger partial charge in [0, 0.05) is 0 Å². The number of aliphatic hydroxyl groups is 1. The average molecular weight is 330 g/mol. The van der Waals surface area contributed by atoms with Crippen LogP contribution in [0.3, 0.4) is 0 Å². The molecule has 1 aromatic rings. The van der Waals surface area contributed by atoms with Gasteiger partial charge < -0.3 is 19.5 Å². The van der Waals surface area contributed by atoms with Crippen LogP contribution in [0.4, 0.5) is 0 Å². The number of hydrogen-bond acceptors (Lipinski definition) is 5. The average Bonchev–Trinajstić information content (AvgIpc) is 2.34. The Morgan fingerprint density at radius 2 is 1.77 bits per heavy atom. The first kappa shape index (κ1) is 18.6. The van der Waals surface area contributed by atoms with Crippen molar-refractivity contribution in [1.82, 2.24) is 4.72 Å². The van der Waals surface area contributed by atoms with E-state index in [1.165, 1.54) is 12.1 Å². The third-order valence-electron chi connectivity index (χ3n) is 2.99. The van der Waals surface area contributed by atoms with Crippen molar-refractivity contribution in [2.45, 2.75) is 24.0 Å². The van der Waals surface area contributed by atoms with E-state index in [9.17, 15) is 23.4 Å². The Hall–Kier alpha value is -1.48. The van der Waals surface area contributed by atoms with Gasteiger partial charge in [-0.3, -0.25) is 0 Å². The van der Waals surface area contributed by atoms with Crippen LogP contribution in [0.5, 0.6) is 0 Å². The first-order valence-electron chi connectivity index (χ1n) is 6.71. The number of benzene rings is 1. The Kier molecular flexibility index (Phi) is 5.69. The molecular formula is C14H22N2O5S. The Labute approximate surface area is 130 Å². The smallest absolute Gasteiger partial charge is 0.241 e. The Balaban J connectivity index is 2.99. The summed E-state index contributed by atoms with van der Waals surface area (Å²) in [7, 11) is 1.20. The molecule has 0 radical (unpaired) electrons. The molecule has 0 amide bonds. The molecule has 0 bridgehead atoms. The SMILES string of the molecule is Cc1ccc(S(=O)(=O)N[C@@H](C(=O)[O-])[C@H](O)C[N+](C)(C)C)cc1. The van der Waals surface area contributed by atoms with Gasteiger partial charge in [-0.1, -0.05) is 17.7 Å². The second-order valence-corrected chi connectivity index (χ2v) is 7.99. The lowest BCUT2D eigenvalue weighted by atomic mass is 10.1. The monoisotopic (exact) mass is 330 g/mol. The zero-order valence-electron chi connectivity index (χ0n) is 13.1. The lowest BCUT2D eigenvalue weighted by Crippen LogP contribution is -2.58. The molecule has 7 nitrogen and oxygen atoms in total. The fraction of sp³-hybridized carbons (Fsp3) is 0.500.